The summed E-state index contributed by atoms with van der Waals surface area (Å²) in [6.07, 6.45) is 4.55. The molecule has 2 aromatic heterocycles. The average molecular weight is 390 g/mol. The Hall–Kier alpha value is -3.45. The van der Waals surface area contributed by atoms with Gasteiger partial charge in [-0.15, -0.1) is 10.2 Å². The van der Waals surface area contributed by atoms with Gasteiger partial charge in [-0.1, -0.05) is 29.5 Å². The molecule has 2 heterocycles. The van der Waals surface area contributed by atoms with E-state index in [1.807, 2.05) is 71.6 Å². The molecule has 0 radical (unpaired) electrons. The molecule has 0 atom stereocenters. The largest absolute Gasteiger partial charge is 0.493 e. The van der Waals surface area contributed by atoms with Crippen LogP contribution in [-0.4, -0.2) is 27.3 Å². The van der Waals surface area contributed by atoms with Crippen molar-refractivity contribution >= 4 is 22.4 Å². The predicted octanol–water partition coefficient (Wildman–Crippen LogP) is 4.20. The number of nitrogens with zero attached hydrogens (tertiary/aromatic N) is 3. The standard InChI is InChI=1S/C21H18N4O2S/c26-20(16-8-10-17(11-9-16)25-13-4-5-14-25)22-21-24-23-19(28-21)12-15-27-18-6-2-1-3-7-18/h1-11,13-14H,12,15H2,(H,22,24,26). The number of hydrogen-bond acceptors (Lipinski definition) is 5. The lowest BCUT2D eigenvalue weighted by Gasteiger charge is -2.05. The lowest BCUT2D eigenvalue weighted by Crippen LogP contribution is -2.11. The van der Waals surface area contributed by atoms with Crippen molar-refractivity contribution in [2.75, 3.05) is 11.9 Å². The van der Waals surface area contributed by atoms with Crippen LogP contribution in [0.5, 0.6) is 5.75 Å². The molecule has 0 bridgehead atoms. The van der Waals surface area contributed by atoms with Gasteiger partial charge in [-0.05, 0) is 48.5 Å². The zero-order valence-corrected chi connectivity index (χ0v) is 15.8. The third-order valence-electron chi connectivity index (χ3n) is 4.05. The van der Waals surface area contributed by atoms with Gasteiger partial charge in [0.25, 0.3) is 5.91 Å². The highest BCUT2D eigenvalue weighted by Crippen LogP contribution is 2.18. The number of benzene rings is 2. The van der Waals surface area contributed by atoms with E-state index in [1.54, 1.807) is 12.1 Å². The van der Waals surface area contributed by atoms with Crippen molar-refractivity contribution < 1.29 is 9.53 Å². The zero-order chi connectivity index (χ0) is 19.2. The van der Waals surface area contributed by atoms with Crippen LogP contribution in [0.15, 0.2) is 79.1 Å². The number of ether oxygens (including phenoxy) is 1. The topological polar surface area (TPSA) is 69.0 Å². The molecule has 4 aromatic rings. The smallest absolute Gasteiger partial charge is 0.257 e. The summed E-state index contributed by atoms with van der Waals surface area (Å²) >= 11 is 1.35. The molecule has 0 aliphatic carbocycles. The first kappa shape index (κ1) is 17.9. The monoisotopic (exact) mass is 390 g/mol. The summed E-state index contributed by atoms with van der Waals surface area (Å²) in [7, 11) is 0. The van der Waals surface area contributed by atoms with Gasteiger partial charge in [0.2, 0.25) is 5.13 Å². The maximum Gasteiger partial charge on any atom is 0.257 e. The molecule has 4 rings (SSSR count). The average Bonchev–Trinajstić information content (AvgIpc) is 3.41. The van der Waals surface area contributed by atoms with Crippen molar-refractivity contribution in [3.05, 3.63) is 89.7 Å². The molecule has 1 amide bonds. The molecule has 6 nitrogen and oxygen atoms in total. The van der Waals surface area contributed by atoms with Crippen LogP contribution in [0.25, 0.3) is 5.69 Å². The van der Waals surface area contributed by atoms with Gasteiger partial charge in [-0.2, -0.15) is 0 Å². The number of anilines is 1. The molecule has 2 aromatic carbocycles. The highest BCUT2D eigenvalue weighted by molar-refractivity contribution is 7.15. The van der Waals surface area contributed by atoms with E-state index in [0.29, 0.717) is 23.7 Å². The number of amides is 1. The van der Waals surface area contributed by atoms with Crippen molar-refractivity contribution in [1.82, 2.24) is 14.8 Å². The maximum absolute atomic E-state index is 12.4. The Morgan fingerprint density at radius 1 is 0.964 bits per heavy atom. The minimum Gasteiger partial charge on any atom is -0.493 e. The second kappa shape index (κ2) is 8.49. The highest BCUT2D eigenvalue weighted by atomic mass is 32.1. The van der Waals surface area contributed by atoms with Crippen LogP contribution < -0.4 is 10.1 Å². The molecule has 0 saturated heterocycles. The number of carbonyl (C=O) groups is 1. The second-order valence-corrected chi connectivity index (χ2v) is 7.07. The predicted molar refractivity (Wildman–Crippen MR) is 109 cm³/mol. The van der Waals surface area contributed by atoms with Crippen LogP contribution in [0.2, 0.25) is 0 Å². The molecular formula is C21H18N4O2S. The Morgan fingerprint density at radius 3 is 2.46 bits per heavy atom. The van der Waals surface area contributed by atoms with Crippen LogP contribution in [0.3, 0.4) is 0 Å². The van der Waals surface area contributed by atoms with Crippen molar-refractivity contribution in [3.8, 4) is 11.4 Å². The molecule has 0 aliphatic heterocycles. The number of para-hydroxylation sites is 1. The van der Waals surface area contributed by atoms with E-state index in [2.05, 4.69) is 15.5 Å². The first-order valence-corrected chi connectivity index (χ1v) is 9.64. The lowest BCUT2D eigenvalue weighted by molar-refractivity contribution is 0.102. The third kappa shape index (κ3) is 4.44. The van der Waals surface area contributed by atoms with E-state index < -0.39 is 0 Å². The first-order chi connectivity index (χ1) is 13.8. The number of rotatable bonds is 7. The van der Waals surface area contributed by atoms with Crippen LogP contribution in [-0.2, 0) is 6.42 Å². The van der Waals surface area contributed by atoms with Gasteiger partial charge in [0.15, 0.2) is 0 Å². The summed E-state index contributed by atoms with van der Waals surface area (Å²) in [6, 6.07) is 20.9. The Labute approximate surface area is 166 Å². The Balaban J connectivity index is 1.31. The molecule has 0 fully saturated rings. The molecule has 28 heavy (non-hydrogen) atoms. The normalized spacial score (nSPS) is 10.6. The summed E-state index contributed by atoms with van der Waals surface area (Å²) in [5.74, 6) is 0.617. The van der Waals surface area contributed by atoms with E-state index in [1.165, 1.54) is 11.3 Å². The number of nitrogens with one attached hydrogen (secondary N) is 1. The summed E-state index contributed by atoms with van der Waals surface area (Å²) in [5, 5.41) is 12.2. The van der Waals surface area contributed by atoms with E-state index in [9.17, 15) is 4.79 Å². The van der Waals surface area contributed by atoms with Gasteiger partial charge in [-0.25, -0.2) is 0 Å². The zero-order valence-electron chi connectivity index (χ0n) is 15.0. The van der Waals surface area contributed by atoms with Crippen molar-refractivity contribution in [2.45, 2.75) is 6.42 Å². The summed E-state index contributed by atoms with van der Waals surface area (Å²) in [6.45, 7) is 0.507. The van der Waals surface area contributed by atoms with E-state index in [4.69, 9.17) is 4.74 Å². The molecule has 0 saturated carbocycles. The van der Waals surface area contributed by atoms with Crippen molar-refractivity contribution in [3.63, 3.8) is 0 Å². The van der Waals surface area contributed by atoms with Gasteiger partial charge in [-0.3, -0.25) is 10.1 Å². The van der Waals surface area contributed by atoms with Gasteiger partial charge >= 0.3 is 0 Å². The van der Waals surface area contributed by atoms with Crippen LogP contribution in [0, 0.1) is 0 Å². The molecule has 140 valence electrons. The molecule has 0 unspecified atom stereocenters. The van der Waals surface area contributed by atoms with Gasteiger partial charge in [0.1, 0.15) is 10.8 Å². The van der Waals surface area contributed by atoms with Gasteiger partial charge < -0.3 is 9.30 Å². The number of carbonyl (C=O) groups excluding carboxylic acids is 1. The molecule has 7 heteroatoms. The maximum atomic E-state index is 12.4. The Morgan fingerprint density at radius 2 is 1.71 bits per heavy atom. The fourth-order valence-corrected chi connectivity index (χ4v) is 3.35. The molecular weight excluding hydrogens is 372 g/mol. The molecule has 0 aliphatic rings. The van der Waals surface area contributed by atoms with Gasteiger partial charge in [0.05, 0.1) is 6.61 Å². The SMILES string of the molecule is O=C(Nc1nnc(CCOc2ccccc2)s1)c1ccc(-n2cccc2)cc1. The quantitative estimate of drug-likeness (QED) is 0.513. The Bertz CT molecular complexity index is 1030. The van der Waals surface area contributed by atoms with Crippen molar-refractivity contribution in [1.29, 1.82) is 0 Å². The molecule has 1 N–H and O–H groups in total. The first-order valence-electron chi connectivity index (χ1n) is 8.83. The minimum absolute atomic E-state index is 0.206. The van der Waals surface area contributed by atoms with Crippen molar-refractivity contribution in [2.24, 2.45) is 0 Å². The van der Waals surface area contributed by atoms with Crippen LogP contribution in [0.4, 0.5) is 5.13 Å². The highest BCUT2D eigenvalue weighted by Gasteiger charge is 2.10. The summed E-state index contributed by atoms with van der Waals surface area (Å²) in [5.41, 5.74) is 1.57. The minimum atomic E-state index is -0.206. The van der Waals surface area contributed by atoms with E-state index >= 15 is 0 Å². The third-order valence-corrected chi connectivity index (χ3v) is 4.95. The number of aromatic nitrogens is 3. The molecule has 0 spiro atoms. The lowest BCUT2D eigenvalue weighted by atomic mass is 10.2. The van der Waals surface area contributed by atoms with E-state index in [0.717, 1.165) is 16.4 Å². The van der Waals surface area contributed by atoms with Crippen LogP contribution in [0.1, 0.15) is 15.4 Å². The fourth-order valence-electron chi connectivity index (χ4n) is 2.64. The summed E-state index contributed by atoms with van der Waals surface area (Å²) in [4.78, 5) is 12.4. The summed E-state index contributed by atoms with van der Waals surface area (Å²) < 4.78 is 7.64. The second-order valence-electron chi connectivity index (χ2n) is 6.00. The Kier molecular flexibility index (Phi) is 5.44. The fraction of sp³-hybridized carbons (Fsp3) is 0.0952. The number of hydrogen-bond donors (Lipinski definition) is 1. The van der Waals surface area contributed by atoms with Gasteiger partial charge in [0, 0.05) is 30.1 Å². The van der Waals surface area contributed by atoms with E-state index in [-0.39, 0.29) is 5.91 Å². The van der Waals surface area contributed by atoms with Crippen LogP contribution >= 0.6 is 11.3 Å².